The fourth-order valence-electron chi connectivity index (χ4n) is 2.38. The number of amides is 2. The number of nitrogens with one attached hydrogen (secondary N) is 2. The molecule has 0 spiro atoms. The fraction of sp³-hybridized carbons (Fsp3) is 0.789. The molecule has 0 rings (SSSR count). The number of phosphoric ester groups is 1. The van der Waals surface area contributed by atoms with Crippen LogP contribution in [0.25, 0.3) is 0 Å². The van der Waals surface area contributed by atoms with Gasteiger partial charge in [0.15, 0.2) is 0 Å². The fourth-order valence-corrected chi connectivity index (χ4v) is 3.70. The molecule has 0 aromatic rings. The van der Waals surface area contributed by atoms with Gasteiger partial charge in [-0.05, 0) is 13.3 Å². The molecule has 0 aromatic carbocycles. The number of aliphatic hydroxyl groups is 1. The molecule has 0 heterocycles. The Labute approximate surface area is 192 Å². The molecule has 13 heteroatoms. The quantitative estimate of drug-likeness (QED) is 0.132. The molecule has 0 unspecified atom stereocenters. The molecule has 5 N–H and O–H groups in total. The minimum atomic E-state index is -4.72. The number of hydrogen-bond donors (Lipinski definition) is 5. The largest absolute Gasteiger partial charge is 0.469 e. The van der Waals surface area contributed by atoms with E-state index in [2.05, 4.69) is 15.2 Å². The smallest absolute Gasteiger partial charge is 0.383 e. The van der Waals surface area contributed by atoms with E-state index in [1.54, 1.807) is 0 Å². The molecule has 0 saturated carbocycles. The van der Waals surface area contributed by atoms with Crippen molar-refractivity contribution in [1.82, 2.24) is 10.6 Å². The first-order valence-corrected chi connectivity index (χ1v) is 12.9. The highest BCUT2D eigenvalue weighted by molar-refractivity contribution is 7.99. The van der Waals surface area contributed by atoms with Crippen LogP contribution in [0.3, 0.4) is 0 Å². The van der Waals surface area contributed by atoms with E-state index in [-0.39, 0.29) is 30.4 Å². The van der Waals surface area contributed by atoms with E-state index in [0.717, 1.165) is 0 Å². The van der Waals surface area contributed by atoms with Gasteiger partial charge in [0.25, 0.3) is 0 Å². The average molecular weight is 499 g/mol. The summed E-state index contributed by atoms with van der Waals surface area (Å²) in [6.07, 6.45) is 0.260. The predicted octanol–water partition coefficient (Wildman–Crippen LogP) is 0.557. The molecule has 186 valence electrons. The first-order valence-electron chi connectivity index (χ1n) is 10.3. The highest BCUT2D eigenvalue weighted by Gasteiger charge is 2.35. The first-order chi connectivity index (χ1) is 14.7. The Balaban J connectivity index is 3.90. The normalized spacial score (nSPS) is 12.8. The van der Waals surface area contributed by atoms with Crippen LogP contribution in [-0.4, -0.2) is 75.6 Å². The Bertz CT molecular complexity index is 682. The molecule has 2 amide bonds. The second kappa shape index (κ2) is 15.5. The molecule has 0 aromatic heterocycles. The van der Waals surface area contributed by atoms with E-state index < -0.39 is 31.9 Å². The molecule has 0 fully saturated rings. The third kappa shape index (κ3) is 16.3. The van der Waals surface area contributed by atoms with Gasteiger partial charge in [-0.1, -0.05) is 13.8 Å². The van der Waals surface area contributed by atoms with Gasteiger partial charge in [0.2, 0.25) is 11.8 Å². The van der Waals surface area contributed by atoms with Crippen molar-refractivity contribution in [3.05, 3.63) is 0 Å². The van der Waals surface area contributed by atoms with Crippen LogP contribution < -0.4 is 10.6 Å². The van der Waals surface area contributed by atoms with Gasteiger partial charge in [0.05, 0.1) is 6.61 Å². The van der Waals surface area contributed by atoms with Crippen LogP contribution in [0.15, 0.2) is 0 Å². The van der Waals surface area contributed by atoms with E-state index in [0.29, 0.717) is 43.7 Å². The molecule has 11 nitrogen and oxygen atoms in total. The topological polar surface area (TPSA) is 179 Å². The van der Waals surface area contributed by atoms with Crippen LogP contribution in [0.5, 0.6) is 0 Å². The van der Waals surface area contributed by atoms with Crippen molar-refractivity contribution in [3.63, 3.8) is 0 Å². The van der Waals surface area contributed by atoms with Crippen molar-refractivity contribution >= 4 is 43.0 Å². The van der Waals surface area contributed by atoms with Gasteiger partial charge < -0.3 is 30.3 Å². The van der Waals surface area contributed by atoms with Crippen LogP contribution in [0.4, 0.5) is 0 Å². The molecule has 0 aliphatic rings. The Morgan fingerprint density at radius 2 is 1.66 bits per heavy atom. The second-order valence-electron chi connectivity index (χ2n) is 8.00. The molecule has 0 saturated heterocycles. The Kier molecular flexibility index (Phi) is 14.9. The summed E-state index contributed by atoms with van der Waals surface area (Å²) in [6, 6.07) is 0. The number of aliphatic hydroxyl groups excluding tert-OH is 1. The summed E-state index contributed by atoms with van der Waals surface area (Å²) in [5.74, 6) is 0.410. The molecule has 0 aliphatic carbocycles. The lowest BCUT2D eigenvalue weighted by atomic mass is 9.87. The SMILES string of the molecule is CC(=O)CCCC(=O)CCSCCNC(=O)CCNC(=O)[C@@H](O)C(C)(C)COP(=O)(O)O. The summed E-state index contributed by atoms with van der Waals surface area (Å²) in [7, 11) is -4.72. The molecular weight excluding hydrogens is 463 g/mol. The number of thioether (sulfide) groups is 1. The Hall–Kier alpha value is -1.30. The molecule has 32 heavy (non-hydrogen) atoms. The maximum absolute atomic E-state index is 12.0. The lowest BCUT2D eigenvalue weighted by Crippen LogP contribution is -2.46. The standard InChI is InChI=1S/C19H35N2O9PS/c1-14(22)5-4-6-15(23)8-11-32-12-10-20-16(24)7-9-21-18(26)17(25)19(2,3)13-30-31(27,28)29/h17,25H,4-13H2,1-3H3,(H,20,24)(H,21,26)(H2,27,28,29)/t17-/m1/s1. The molecule has 1 atom stereocenters. The summed E-state index contributed by atoms with van der Waals surface area (Å²) >= 11 is 1.53. The summed E-state index contributed by atoms with van der Waals surface area (Å²) < 4.78 is 15.1. The third-order valence-corrected chi connectivity index (χ3v) is 5.77. The highest BCUT2D eigenvalue weighted by Crippen LogP contribution is 2.38. The predicted molar refractivity (Wildman–Crippen MR) is 120 cm³/mol. The summed E-state index contributed by atoms with van der Waals surface area (Å²) in [5, 5.41) is 15.1. The minimum Gasteiger partial charge on any atom is -0.383 e. The Morgan fingerprint density at radius 3 is 2.25 bits per heavy atom. The highest BCUT2D eigenvalue weighted by atomic mass is 32.2. The molecular formula is C19H35N2O9PS. The number of rotatable bonds is 18. The molecule has 0 bridgehead atoms. The average Bonchev–Trinajstić information content (AvgIpc) is 2.67. The van der Waals surface area contributed by atoms with Gasteiger partial charge >= 0.3 is 7.82 Å². The monoisotopic (exact) mass is 498 g/mol. The van der Waals surface area contributed by atoms with Crippen molar-refractivity contribution in [3.8, 4) is 0 Å². The summed E-state index contributed by atoms with van der Waals surface area (Å²) in [6.45, 7) is 4.19. The van der Waals surface area contributed by atoms with Crippen LogP contribution in [0, 0.1) is 5.41 Å². The van der Waals surface area contributed by atoms with Crippen LogP contribution in [-0.2, 0) is 28.3 Å². The van der Waals surface area contributed by atoms with Crippen LogP contribution >= 0.6 is 19.6 Å². The van der Waals surface area contributed by atoms with Gasteiger partial charge in [-0.2, -0.15) is 11.8 Å². The maximum Gasteiger partial charge on any atom is 0.469 e. The van der Waals surface area contributed by atoms with Crippen molar-refractivity contribution < 1.29 is 43.2 Å². The zero-order chi connectivity index (χ0) is 24.8. The zero-order valence-corrected chi connectivity index (χ0v) is 20.5. The maximum atomic E-state index is 12.0. The number of ketones is 2. The minimum absolute atomic E-state index is 0.00281. The number of Topliss-reactive ketones (excluding diaryl/α,β-unsaturated/α-hetero) is 2. The van der Waals surface area contributed by atoms with Crippen LogP contribution in [0.2, 0.25) is 0 Å². The van der Waals surface area contributed by atoms with Gasteiger partial charge in [-0.15, -0.1) is 0 Å². The van der Waals surface area contributed by atoms with Gasteiger partial charge in [-0.25, -0.2) is 4.57 Å². The zero-order valence-electron chi connectivity index (χ0n) is 18.8. The number of carbonyl (C=O) groups excluding carboxylic acids is 4. The van der Waals surface area contributed by atoms with E-state index >= 15 is 0 Å². The molecule has 0 aliphatic heterocycles. The van der Waals surface area contributed by atoms with E-state index in [4.69, 9.17) is 9.79 Å². The van der Waals surface area contributed by atoms with Crippen LogP contribution in [0.1, 0.15) is 52.9 Å². The Morgan fingerprint density at radius 1 is 1.00 bits per heavy atom. The van der Waals surface area contributed by atoms with Crippen molar-refractivity contribution in [2.45, 2.75) is 59.0 Å². The lowest BCUT2D eigenvalue weighted by Gasteiger charge is -2.29. The molecule has 0 radical (unpaired) electrons. The van der Waals surface area contributed by atoms with Gasteiger partial charge in [0.1, 0.15) is 17.7 Å². The van der Waals surface area contributed by atoms with E-state index in [9.17, 15) is 28.8 Å². The van der Waals surface area contributed by atoms with E-state index in [1.807, 2.05) is 0 Å². The van der Waals surface area contributed by atoms with Gasteiger partial charge in [0, 0.05) is 55.7 Å². The lowest BCUT2D eigenvalue weighted by molar-refractivity contribution is -0.137. The second-order valence-corrected chi connectivity index (χ2v) is 10.5. The van der Waals surface area contributed by atoms with Crippen molar-refractivity contribution in [1.29, 1.82) is 0 Å². The van der Waals surface area contributed by atoms with E-state index in [1.165, 1.54) is 32.5 Å². The summed E-state index contributed by atoms with van der Waals surface area (Å²) in [5.41, 5.74) is -1.25. The van der Waals surface area contributed by atoms with Crippen molar-refractivity contribution in [2.75, 3.05) is 31.2 Å². The third-order valence-electron chi connectivity index (χ3n) is 4.32. The number of carbonyl (C=O) groups is 4. The van der Waals surface area contributed by atoms with Crippen molar-refractivity contribution in [2.24, 2.45) is 5.41 Å². The number of hydrogen-bond acceptors (Lipinski definition) is 8. The van der Waals surface area contributed by atoms with Gasteiger partial charge in [-0.3, -0.25) is 18.9 Å². The first kappa shape index (κ1) is 30.7. The number of phosphoric acid groups is 1. The summed E-state index contributed by atoms with van der Waals surface area (Å²) in [4.78, 5) is 63.7.